The van der Waals surface area contributed by atoms with Gasteiger partial charge in [0.2, 0.25) is 5.91 Å². The number of thioether (sulfide) groups is 1. The molecule has 0 aromatic heterocycles. The summed E-state index contributed by atoms with van der Waals surface area (Å²) in [7, 11) is 0. The third-order valence-electron chi connectivity index (χ3n) is 3.59. The van der Waals surface area contributed by atoms with Gasteiger partial charge in [-0.3, -0.25) is 14.5 Å². The molecule has 0 saturated carbocycles. The number of carbonyl (C=O) groups excluding carboxylic acids is 2. The van der Waals surface area contributed by atoms with Crippen molar-refractivity contribution in [2.45, 2.75) is 18.2 Å². The number of halogens is 2. The molecule has 2 aromatic carbocycles. The summed E-state index contributed by atoms with van der Waals surface area (Å²) < 4.78 is 25.8. The minimum atomic E-state index is -0.506. The van der Waals surface area contributed by atoms with E-state index in [0.717, 1.165) is 17.3 Å². The Kier molecular flexibility index (Phi) is 4.43. The minimum Gasteiger partial charge on any atom is -0.273 e. The van der Waals surface area contributed by atoms with Gasteiger partial charge < -0.3 is 0 Å². The van der Waals surface area contributed by atoms with Gasteiger partial charge >= 0.3 is 0 Å². The number of amides is 2. The van der Waals surface area contributed by atoms with E-state index < -0.39 is 5.25 Å². The molecule has 0 spiro atoms. The quantitative estimate of drug-likeness (QED) is 0.855. The van der Waals surface area contributed by atoms with Gasteiger partial charge in [-0.2, -0.15) is 0 Å². The molecule has 3 rings (SSSR count). The first-order chi connectivity index (χ1) is 11.0. The lowest BCUT2D eigenvalue weighted by molar-refractivity contribution is -0.127. The molecule has 0 radical (unpaired) electrons. The van der Waals surface area contributed by atoms with Crippen molar-refractivity contribution >= 4 is 22.9 Å². The SMILES string of the molecule is O=C1S[C@@H](Cc2ccc(F)cc2)C(=O)N1Cc1ccc(F)cc1. The van der Waals surface area contributed by atoms with Gasteiger partial charge in [0.05, 0.1) is 11.8 Å². The Morgan fingerprint density at radius 3 is 1.96 bits per heavy atom. The molecule has 3 nitrogen and oxygen atoms in total. The molecule has 1 aliphatic heterocycles. The van der Waals surface area contributed by atoms with E-state index >= 15 is 0 Å². The van der Waals surface area contributed by atoms with E-state index in [-0.39, 0.29) is 29.3 Å². The Balaban J connectivity index is 1.69. The Morgan fingerprint density at radius 2 is 1.39 bits per heavy atom. The average Bonchev–Trinajstić information content (AvgIpc) is 2.79. The van der Waals surface area contributed by atoms with Crippen LogP contribution in [0.5, 0.6) is 0 Å². The van der Waals surface area contributed by atoms with Crippen molar-refractivity contribution in [1.82, 2.24) is 4.90 Å². The van der Waals surface area contributed by atoms with E-state index in [1.165, 1.54) is 29.2 Å². The van der Waals surface area contributed by atoms with Crippen molar-refractivity contribution in [3.05, 3.63) is 71.3 Å². The number of hydrogen-bond donors (Lipinski definition) is 0. The molecule has 0 aliphatic carbocycles. The molecule has 1 heterocycles. The average molecular weight is 333 g/mol. The van der Waals surface area contributed by atoms with Crippen LogP contribution in [0.4, 0.5) is 13.6 Å². The molecular weight excluding hydrogens is 320 g/mol. The molecule has 1 fully saturated rings. The van der Waals surface area contributed by atoms with Gasteiger partial charge in [-0.05, 0) is 41.8 Å². The zero-order chi connectivity index (χ0) is 16.4. The molecule has 2 amide bonds. The second kappa shape index (κ2) is 6.50. The second-order valence-electron chi connectivity index (χ2n) is 5.25. The maximum atomic E-state index is 12.9. The molecule has 1 saturated heterocycles. The number of rotatable bonds is 4. The summed E-state index contributed by atoms with van der Waals surface area (Å²) in [6, 6.07) is 11.6. The first kappa shape index (κ1) is 15.7. The van der Waals surface area contributed by atoms with Crippen molar-refractivity contribution < 1.29 is 18.4 Å². The molecule has 0 N–H and O–H groups in total. The molecule has 0 unspecified atom stereocenters. The molecule has 6 heteroatoms. The van der Waals surface area contributed by atoms with Gasteiger partial charge in [0, 0.05) is 0 Å². The zero-order valence-electron chi connectivity index (χ0n) is 12.0. The fourth-order valence-electron chi connectivity index (χ4n) is 2.38. The molecular formula is C17H13F2NO2S. The van der Waals surface area contributed by atoms with E-state index in [9.17, 15) is 18.4 Å². The highest BCUT2D eigenvalue weighted by molar-refractivity contribution is 8.15. The predicted octanol–water partition coefficient (Wildman–Crippen LogP) is 3.77. The number of imide groups is 1. The van der Waals surface area contributed by atoms with E-state index in [1.54, 1.807) is 24.3 Å². The van der Waals surface area contributed by atoms with E-state index in [0.29, 0.717) is 12.0 Å². The van der Waals surface area contributed by atoms with Crippen molar-refractivity contribution in [2.24, 2.45) is 0 Å². The highest BCUT2D eigenvalue weighted by Crippen LogP contribution is 2.30. The number of hydrogen-bond acceptors (Lipinski definition) is 3. The highest BCUT2D eigenvalue weighted by atomic mass is 32.2. The maximum Gasteiger partial charge on any atom is 0.289 e. The molecule has 2 aromatic rings. The predicted molar refractivity (Wildman–Crippen MR) is 83.8 cm³/mol. The third-order valence-corrected chi connectivity index (χ3v) is 4.67. The molecule has 1 aliphatic rings. The Bertz CT molecular complexity index is 731. The van der Waals surface area contributed by atoms with Crippen LogP contribution >= 0.6 is 11.8 Å². The fraction of sp³-hybridized carbons (Fsp3) is 0.176. The topological polar surface area (TPSA) is 37.4 Å². The monoisotopic (exact) mass is 333 g/mol. The summed E-state index contributed by atoms with van der Waals surface area (Å²) in [5.74, 6) is -0.974. The normalized spacial score (nSPS) is 17.8. The molecule has 23 heavy (non-hydrogen) atoms. The van der Waals surface area contributed by atoms with Gasteiger partial charge in [0.15, 0.2) is 0 Å². The summed E-state index contributed by atoms with van der Waals surface area (Å²) >= 11 is 0.973. The van der Waals surface area contributed by atoms with Gasteiger partial charge in [0.1, 0.15) is 11.6 Å². The Labute approximate surface area is 136 Å². The summed E-state index contributed by atoms with van der Waals surface area (Å²) in [6.45, 7) is 0.130. The number of nitrogens with zero attached hydrogens (tertiary/aromatic N) is 1. The third kappa shape index (κ3) is 3.59. The van der Waals surface area contributed by atoms with Crippen LogP contribution in [0.1, 0.15) is 11.1 Å². The van der Waals surface area contributed by atoms with Gasteiger partial charge in [-0.15, -0.1) is 0 Å². The van der Waals surface area contributed by atoms with Crippen LogP contribution in [0, 0.1) is 11.6 Å². The van der Waals surface area contributed by atoms with Crippen LogP contribution in [0.2, 0.25) is 0 Å². The van der Waals surface area contributed by atoms with Gasteiger partial charge in [0.25, 0.3) is 5.24 Å². The zero-order valence-corrected chi connectivity index (χ0v) is 12.9. The minimum absolute atomic E-state index is 0.130. The summed E-state index contributed by atoms with van der Waals surface area (Å²) in [4.78, 5) is 25.6. The van der Waals surface area contributed by atoms with Gasteiger partial charge in [-0.1, -0.05) is 36.0 Å². The fourth-order valence-corrected chi connectivity index (χ4v) is 3.41. The van der Waals surface area contributed by atoms with Crippen molar-refractivity contribution in [2.75, 3.05) is 0 Å². The summed E-state index contributed by atoms with van der Waals surface area (Å²) in [5.41, 5.74) is 1.49. The first-order valence-electron chi connectivity index (χ1n) is 7.04. The Hall–Kier alpha value is -2.21. The molecule has 118 valence electrons. The summed E-state index contributed by atoms with van der Waals surface area (Å²) in [5, 5.41) is -0.820. The van der Waals surface area contributed by atoms with Crippen molar-refractivity contribution in [3.63, 3.8) is 0 Å². The van der Waals surface area contributed by atoms with Crippen molar-refractivity contribution in [1.29, 1.82) is 0 Å². The highest BCUT2D eigenvalue weighted by Gasteiger charge is 2.39. The van der Waals surface area contributed by atoms with Gasteiger partial charge in [-0.25, -0.2) is 8.78 Å². The standard InChI is InChI=1S/C17H13F2NO2S/c18-13-5-1-11(2-6-13)9-15-16(21)20(17(22)23-15)10-12-3-7-14(19)8-4-12/h1-8,15H,9-10H2/t15-/m0/s1. The number of carbonyl (C=O) groups is 2. The number of benzene rings is 2. The second-order valence-corrected chi connectivity index (χ2v) is 6.41. The smallest absolute Gasteiger partial charge is 0.273 e. The van der Waals surface area contributed by atoms with Crippen LogP contribution in [-0.4, -0.2) is 21.3 Å². The van der Waals surface area contributed by atoms with Crippen LogP contribution in [-0.2, 0) is 17.8 Å². The van der Waals surface area contributed by atoms with Crippen molar-refractivity contribution in [3.8, 4) is 0 Å². The lowest BCUT2D eigenvalue weighted by atomic mass is 10.1. The largest absolute Gasteiger partial charge is 0.289 e. The van der Waals surface area contributed by atoms with Crippen LogP contribution in [0.15, 0.2) is 48.5 Å². The Morgan fingerprint density at radius 1 is 0.870 bits per heavy atom. The molecule has 0 bridgehead atoms. The molecule has 1 atom stereocenters. The van der Waals surface area contributed by atoms with Crippen LogP contribution in [0.25, 0.3) is 0 Å². The first-order valence-corrected chi connectivity index (χ1v) is 7.92. The van der Waals surface area contributed by atoms with Crippen LogP contribution < -0.4 is 0 Å². The maximum absolute atomic E-state index is 12.9. The van der Waals surface area contributed by atoms with E-state index in [4.69, 9.17) is 0 Å². The van der Waals surface area contributed by atoms with E-state index in [2.05, 4.69) is 0 Å². The lowest BCUT2D eigenvalue weighted by Crippen LogP contribution is -2.31. The summed E-state index contributed by atoms with van der Waals surface area (Å²) in [6.07, 6.45) is 0.370. The lowest BCUT2D eigenvalue weighted by Gasteiger charge is -2.14. The van der Waals surface area contributed by atoms with Crippen LogP contribution in [0.3, 0.4) is 0 Å². The van der Waals surface area contributed by atoms with E-state index in [1.807, 2.05) is 0 Å².